The summed E-state index contributed by atoms with van der Waals surface area (Å²) in [7, 11) is 0. The highest BCUT2D eigenvalue weighted by Crippen LogP contribution is 2.35. The number of rotatable bonds is 2. The number of aromatic hydroxyl groups is 2. The van der Waals surface area contributed by atoms with Crippen LogP contribution in [0.1, 0.15) is 73.4 Å². The van der Waals surface area contributed by atoms with Gasteiger partial charge in [-0.05, 0) is 23.0 Å². The normalized spacial score (nSPS) is 11.9. The zero-order valence-electron chi connectivity index (χ0n) is 16.6. The van der Waals surface area contributed by atoms with Gasteiger partial charge in [0.25, 0.3) is 0 Å². The van der Waals surface area contributed by atoms with Gasteiger partial charge in [-0.3, -0.25) is 0 Å². The van der Waals surface area contributed by atoms with Crippen molar-refractivity contribution in [2.75, 3.05) is 0 Å². The molecule has 2 rings (SSSR count). The molecule has 144 valence electrons. The van der Waals surface area contributed by atoms with Gasteiger partial charge in [-0.25, -0.2) is 9.59 Å². The van der Waals surface area contributed by atoms with Crippen molar-refractivity contribution >= 4 is 11.9 Å². The highest BCUT2D eigenvalue weighted by atomic mass is 16.6. The van der Waals surface area contributed by atoms with Crippen LogP contribution in [0.2, 0.25) is 0 Å². The molecule has 0 spiro atoms. The van der Waals surface area contributed by atoms with Crippen LogP contribution in [0, 0.1) is 0 Å². The number of hydrogen-bond donors (Lipinski definition) is 2. The van der Waals surface area contributed by atoms with Crippen LogP contribution in [0.5, 0.6) is 11.5 Å². The number of hydrogen-bond acceptors (Lipinski definition) is 5. The topological polar surface area (TPSA) is 83.8 Å². The first kappa shape index (κ1) is 20.5. The van der Waals surface area contributed by atoms with Gasteiger partial charge in [0, 0.05) is 11.1 Å². The molecule has 0 aliphatic carbocycles. The fourth-order valence-corrected chi connectivity index (χ4v) is 2.82. The summed E-state index contributed by atoms with van der Waals surface area (Å²) >= 11 is 0. The van der Waals surface area contributed by atoms with E-state index in [1.165, 1.54) is 12.1 Å². The molecule has 5 heteroatoms. The minimum Gasteiger partial charge on any atom is -0.507 e. The maximum absolute atomic E-state index is 12.4. The molecule has 2 aromatic carbocycles. The molecule has 0 atom stereocenters. The minimum atomic E-state index is -0.968. The highest BCUT2D eigenvalue weighted by Gasteiger charge is 2.27. The van der Waals surface area contributed by atoms with E-state index in [4.69, 9.17) is 4.74 Å². The summed E-state index contributed by atoms with van der Waals surface area (Å²) in [6.07, 6.45) is 0. The van der Waals surface area contributed by atoms with Crippen molar-refractivity contribution in [1.29, 1.82) is 0 Å². The van der Waals surface area contributed by atoms with Gasteiger partial charge in [0.05, 0.1) is 0 Å². The lowest BCUT2D eigenvalue weighted by Crippen LogP contribution is -2.17. The molecular formula is C22H26O5. The Labute approximate surface area is 159 Å². The average Bonchev–Trinajstić information content (AvgIpc) is 2.52. The first-order valence-electron chi connectivity index (χ1n) is 8.75. The lowest BCUT2D eigenvalue weighted by Gasteiger charge is -2.22. The molecule has 0 saturated carbocycles. The molecule has 0 radical (unpaired) electrons. The summed E-state index contributed by atoms with van der Waals surface area (Å²) in [6.45, 7) is 11.4. The second-order valence-corrected chi connectivity index (χ2v) is 8.58. The second kappa shape index (κ2) is 7.06. The highest BCUT2D eigenvalue weighted by molar-refractivity contribution is 6.05. The molecule has 2 aromatic rings. The van der Waals surface area contributed by atoms with Crippen LogP contribution in [0.3, 0.4) is 0 Å². The first-order chi connectivity index (χ1) is 12.3. The third-order valence-corrected chi connectivity index (χ3v) is 4.31. The fraction of sp³-hybridized carbons (Fsp3) is 0.364. The molecule has 0 aliphatic rings. The lowest BCUT2D eigenvalue weighted by molar-refractivity contribution is 0.0394. The van der Waals surface area contributed by atoms with Crippen molar-refractivity contribution in [3.8, 4) is 11.5 Å². The molecule has 0 unspecified atom stereocenters. The van der Waals surface area contributed by atoms with E-state index in [-0.39, 0.29) is 33.5 Å². The molecule has 0 amide bonds. The van der Waals surface area contributed by atoms with Gasteiger partial charge >= 0.3 is 11.9 Å². The Bertz CT molecular complexity index is 809. The number of carbonyl (C=O) groups is 2. The van der Waals surface area contributed by atoms with Gasteiger partial charge in [0.1, 0.15) is 22.6 Å². The molecule has 0 bridgehead atoms. The smallest absolute Gasteiger partial charge is 0.349 e. The van der Waals surface area contributed by atoms with Crippen LogP contribution < -0.4 is 0 Å². The van der Waals surface area contributed by atoms with E-state index in [1.807, 2.05) is 41.5 Å². The third kappa shape index (κ3) is 4.30. The minimum absolute atomic E-state index is 0.0951. The predicted octanol–water partition coefficient (Wildman–Crippen LogP) is 4.69. The lowest BCUT2D eigenvalue weighted by atomic mass is 9.85. The van der Waals surface area contributed by atoms with Crippen molar-refractivity contribution < 1.29 is 24.5 Å². The number of phenolic OH excluding ortho intramolecular Hbond substituents is 2. The second-order valence-electron chi connectivity index (χ2n) is 8.58. The Morgan fingerprint density at radius 3 is 1.33 bits per heavy atom. The first-order valence-corrected chi connectivity index (χ1v) is 8.75. The molecule has 2 N–H and O–H groups in total. The van der Waals surface area contributed by atoms with Gasteiger partial charge in [-0.1, -0.05) is 65.8 Å². The van der Waals surface area contributed by atoms with Crippen LogP contribution >= 0.6 is 0 Å². The Kier molecular flexibility index (Phi) is 5.36. The summed E-state index contributed by atoms with van der Waals surface area (Å²) in [6, 6.07) is 9.47. The zero-order chi connectivity index (χ0) is 20.6. The summed E-state index contributed by atoms with van der Waals surface area (Å²) in [5.41, 5.74) is 0.182. The molecule has 0 aromatic heterocycles. The predicted molar refractivity (Wildman–Crippen MR) is 103 cm³/mol. The summed E-state index contributed by atoms with van der Waals surface area (Å²) in [5.74, 6) is -2.36. The molecule has 5 nitrogen and oxygen atoms in total. The molecule has 0 fully saturated rings. The number of carbonyl (C=O) groups excluding carboxylic acids is 2. The van der Waals surface area contributed by atoms with Crippen LogP contribution in [0.15, 0.2) is 36.4 Å². The monoisotopic (exact) mass is 370 g/mol. The summed E-state index contributed by atoms with van der Waals surface area (Å²) in [4.78, 5) is 24.9. The van der Waals surface area contributed by atoms with Crippen molar-refractivity contribution in [2.24, 2.45) is 0 Å². The summed E-state index contributed by atoms with van der Waals surface area (Å²) in [5, 5.41) is 20.8. The van der Waals surface area contributed by atoms with E-state index in [2.05, 4.69) is 0 Å². The van der Waals surface area contributed by atoms with Gasteiger partial charge in [0.15, 0.2) is 0 Å². The quantitative estimate of drug-likeness (QED) is 0.592. The average molecular weight is 370 g/mol. The van der Waals surface area contributed by atoms with E-state index in [9.17, 15) is 19.8 Å². The van der Waals surface area contributed by atoms with E-state index >= 15 is 0 Å². The summed E-state index contributed by atoms with van der Waals surface area (Å²) < 4.78 is 4.92. The van der Waals surface area contributed by atoms with Crippen molar-refractivity contribution in [2.45, 2.75) is 52.4 Å². The van der Waals surface area contributed by atoms with Crippen molar-refractivity contribution in [3.05, 3.63) is 58.7 Å². The number of para-hydroxylation sites is 2. The molecule has 27 heavy (non-hydrogen) atoms. The number of benzene rings is 2. The van der Waals surface area contributed by atoms with Crippen LogP contribution in [-0.4, -0.2) is 22.2 Å². The molecule has 0 heterocycles. The largest absolute Gasteiger partial charge is 0.507 e. The number of esters is 2. The van der Waals surface area contributed by atoms with Gasteiger partial charge in [-0.2, -0.15) is 0 Å². The standard InChI is InChI=1S/C22H26O5/c1-21(2,3)15-11-7-9-13(17(15)23)19(25)27-20(26)14-10-8-12-16(18(14)24)22(4,5)6/h7-12,23-24H,1-6H3. The molecular weight excluding hydrogens is 344 g/mol. The van der Waals surface area contributed by atoms with Crippen molar-refractivity contribution in [1.82, 2.24) is 0 Å². The van der Waals surface area contributed by atoms with Gasteiger partial charge < -0.3 is 14.9 Å². The Hall–Kier alpha value is -2.82. The molecule has 0 saturated heterocycles. The van der Waals surface area contributed by atoms with Crippen LogP contribution in [-0.2, 0) is 15.6 Å². The maximum Gasteiger partial charge on any atom is 0.349 e. The zero-order valence-corrected chi connectivity index (χ0v) is 16.6. The maximum atomic E-state index is 12.4. The van der Waals surface area contributed by atoms with Crippen LogP contribution in [0.4, 0.5) is 0 Å². The van der Waals surface area contributed by atoms with E-state index in [0.717, 1.165) is 0 Å². The van der Waals surface area contributed by atoms with E-state index in [0.29, 0.717) is 11.1 Å². The van der Waals surface area contributed by atoms with E-state index < -0.39 is 11.9 Å². The Morgan fingerprint density at radius 1 is 0.704 bits per heavy atom. The Morgan fingerprint density at radius 2 is 1.04 bits per heavy atom. The van der Waals surface area contributed by atoms with Gasteiger partial charge in [0.2, 0.25) is 0 Å². The molecule has 0 aliphatic heterocycles. The number of phenols is 2. The van der Waals surface area contributed by atoms with Gasteiger partial charge in [-0.15, -0.1) is 0 Å². The fourth-order valence-electron chi connectivity index (χ4n) is 2.82. The Balaban J connectivity index is 2.34. The van der Waals surface area contributed by atoms with Crippen LogP contribution in [0.25, 0.3) is 0 Å². The number of ether oxygens (including phenoxy) is 1. The van der Waals surface area contributed by atoms with Crippen molar-refractivity contribution in [3.63, 3.8) is 0 Å². The third-order valence-electron chi connectivity index (χ3n) is 4.31. The SMILES string of the molecule is CC(C)(C)c1cccc(C(=O)OC(=O)c2cccc(C(C)(C)C)c2O)c1O. The van der Waals surface area contributed by atoms with E-state index in [1.54, 1.807) is 24.3 Å².